The quantitative estimate of drug-likeness (QED) is 0.697. The molecule has 1 aliphatic rings. The van der Waals surface area contributed by atoms with Crippen molar-refractivity contribution in [2.75, 3.05) is 5.32 Å². The van der Waals surface area contributed by atoms with E-state index in [2.05, 4.69) is 22.5 Å². The molecule has 0 fully saturated rings. The predicted molar refractivity (Wildman–Crippen MR) is 102 cm³/mol. The topological polar surface area (TPSA) is 95.5 Å². The molecule has 0 bridgehead atoms. The second kappa shape index (κ2) is 8.17. The number of nitrogens with one attached hydrogen (secondary N) is 2. The highest BCUT2D eigenvalue weighted by Crippen LogP contribution is 2.15. The molecule has 134 valence electrons. The molecular weight excluding hydrogens is 364 g/mol. The molecule has 6 nitrogen and oxygen atoms in total. The van der Waals surface area contributed by atoms with Crippen LogP contribution in [0.4, 0.5) is 5.69 Å². The second-order valence-electron chi connectivity index (χ2n) is 5.53. The van der Waals surface area contributed by atoms with Crippen molar-refractivity contribution in [2.24, 2.45) is 5.92 Å². The van der Waals surface area contributed by atoms with Gasteiger partial charge in [-0.3, -0.25) is 14.4 Å². The summed E-state index contributed by atoms with van der Waals surface area (Å²) in [6.07, 6.45) is 4.35. The molecule has 2 amide bonds. The third-order valence-corrected chi connectivity index (χ3v) is 4.45. The maximum atomic E-state index is 12.4. The van der Waals surface area contributed by atoms with Gasteiger partial charge in [-0.2, -0.15) is 0 Å². The monoisotopic (exact) mass is 378 g/mol. The van der Waals surface area contributed by atoms with Crippen molar-refractivity contribution in [1.82, 2.24) is 5.32 Å². The van der Waals surface area contributed by atoms with E-state index in [1.807, 2.05) is 5.38 Å². The maximum absolute atomic E-state index is 12.4. The van der Waals surface area contributed by atoms with Gasteiger partial charge in [0.05, 0.1) is 4.88 Å². The summed E-state index contributed by atoms with van der Waals surface area (Å²) in [7, 11) is 0. The summed E-state index contributed by atoms with van der Waals surface area (Å²) in [5.74, 6) is 2.57. The molecule has 0 saturated carbocycles. The molecule has 1 unspecified atom stereocenters. The largest absolute Gasteiger partial charge is 0.480 e. The first kappa shape index (κ1) is 18.2. The first-order valence-electron chi connectivity index (χ1n) is 7.91. The maximum Gasteiger partial charge on any atom is 0.322 e. The lowest BCUT2D eigenvalue weighted by atomic mass is 10.1. The summed E-state index contributed by atoms with van der Waals surface area (Å²) in [6, 6.07) is 10.0. The van der Waals surface area contributed by atoms with Gasteiger partial charge < -0.3 is 15.7 Å². The van der Waals surface area contributed by atoms with Crippen LogP contribution in [0.15, 0.2) is 65.7 Å². The van der Waals surface area contributed by atoms with Crippen LogP contribution in [-0.4, -0.2) is 22.9 Å². The number of thiophene rings is 1. The van der Waals surface area contributed by atoms with Gasteiger partial charge in [0.15, 0.2) is 0 Å². The number of carbonyl (C=O) groups excluding carboxylic acids is 2. The molecule has 0 aliphatic heterocycles. The number of hydrogen-bond acceptors (Lipinski definition) is 4. The van der Waals surface area contributed by atoms with Gasteiger partial charge >= 0.3 is 5.97 Å². The Labute approximate surface area is 159 Å². The Balaban J connectivity index is 1.68. The van der Waals surface area contributed by atoms with Gasteiger partial charge in [0.2, 0.25) is 0 Å². The molecule has 1 heterocycles. The highest BCUT2D eigenvalue weighted by Gasteiger charge is 2.13. The molecule has 1 aromatic carbocycles. The van der Waals surface area contributed by atoms with Crippen molar-refractivity contribution in [3.05, 3.63) is 76.1 Å². The van der Waals surface area contributed by atoms with E-state index < -0.39 is 17.8 Å². The zero-order valence-electron chi connectivity index (χ0n) is 13.9. The molecule has 1 aromatic heterocycles. The molecular formula is C20H14N2O4S. The molecule has 0 saturated heterocycles. The van der Waals surface area contributed by atoms with E-state index >= 15 is 0 Å². The van der Waals surface area contributed by atoms with Crippen molar-refractivity contribution in [3.8, 4) is 11.8 Å². The van der Waals surface area contributed by atoms with Gasteiger partial charge in [-0.1, -0.05) is 30.0 Å². The Kier molecular flexibility index (Phi) is 5.50. The van der Waals surface area contributed by atoms with E-state index in [0.29, 0.717) is 21.8 Å². The average molecular weight is 378 g/mol. The minimum absolute atomic E-state index is 0.244. The summed E-state index contributed by atoms with van der Waals surface area (Å²) >= 11 is 1.33. The van der Waals surface area contributed by atoms with Crippen molar-refractivity contribution in [2.45, 2.75) is 0 Å². The van der Waals surface area contributed by atoms with Crippen LogP contribution in [0.1, 0.15) is 20.0 Å². The number of hydrogen-bond donors (Lipinski definition) is 3. The van der Waals surface area contributed by atoms with Gasteiger partial charge in [-0.25, -0.2) is 0 Å². The van der Waals surface area contributed by atoms with Gasteiger partial charge in [-0.15, -0.1) is 11.3 Å². The van der Waals surface area contributed by atoms with Crippen LogP contribution in [0.25, 0.3) is 0 Å². The van der Waals surface area contributed by atoms with Crippen molar-refractivity contribution in [1.29, 1.82) is 0 Å². The average Bonchev–Trinajstić information content (AvgIpc) is 3.09. The van der Waals surface area contributed by atoms with E-state index in [0.717, 1.165) is 0 Å². The number of carbonyl (C=O) groups is 3. The molecule has 3 N–H and O–H groups in total. The number of carboxylic acids is 1. The Morgan fingerprint density at radius 2 is 1.93 bits per heavy atom. The number of allylic oxidation sites excluding steroid dienone is 2. The third-order valence-electron chi connectivity index (χ3n) is 3.59. The van der Waals surface area contributed by atoms with Gasteiger partial charge in [0, 0.05) is 23.0 Å². The minimum atomic E-state index is -1.05. The summed E-state index contributed by atoms with van der Waals surface area (Å²) in [5.41, 5.74) is 1.24. The normalized spacial score (nSPS) is 15.0. The van der Waals surface area contributed by atoms with E-state index in [9.17, 15) is 14.4 Å². The first-order valence-corrected chi connectivity index (χ1v) is 8.79. The summed E-state index contributed by atoms with van der Waals surface area (Å²) in [6.45, 7) is 0. The second-order valence-corrected chi connectivity index (χ2v) is 6.48. The van der Waals surface area contributed by atoms with Crippen molar-refractivity contribution >= 4 is 34.8 Å². The highest BCUT2D eigenvalue weighted by atomic mass is 32.1. The Bertz CT molecular complexity index is 1010. The zero-order valence-corrected chi connectivity index (χ0v) is 14.7. The van der Waals surface area contributed by atoms with E-state index in [1.54, 1.807) is 36.4 Å². The standard InChI is InChI=1S/C20H14N2O4S/c23-18(21-15-6-1-4-13(9-10-15)20(25)26)14-5-2-7-16(12-14)22-19(24)17-8-3-11-27-17/h2-3,5-13H,(H,21,23)(H,22,24)(H,25,26). The number of amides is 2. The van der Waals surface area contributed by atoms with Crippen LogP contribution < -0.4 is 10.6 Å². The Hall–Kier alpha value is -3.63. The summed E-state index contributed by atoms with van der Waals surface area (Å²) in [4.78, 5) is 36.1. The number of benzene rings is 1. The number of carboxylic acid groups (broad SMARTS) is 1. The lowest BCUT2D eigenvalue weighted by molar-refractivity contribution is -0.138. The molecule has 3 rings (SSSR count). The predicted octanol–water partition coefficient (Wildman–Crippen LogP) is 2.89. The number of rotatable bonds is 5. The van der Waals surface area contributed by atoms with Crippen LogP contribution in [0.3, 0.4) is 0 Å². The van der Waals surface area contributed by atoms with Crippen LogP contribution in [-0.2, 0) is 4.79 Å². The fourth-order valence-corrected chi connectivity index (χ4v) is 2.89. The van der Waals surface area contributed by atoms with Crippen molar-refractivity contribution in [3.63, 3.8) is 0 Å². The smallest absolute Gasteiger partial charge is 0.322 e. The van der Waals surface area contributed by atoms with Crippen LogP contribution in [0.2, 0.25) is 0 Å². The minimum Gasteiger partial charge on any atom is -0.480 e. The van der Waals surface area contributed by atoms with Crippen LogP contribution in [0, 0.1) is 17.8 Å². The molecule has 2 aromatic rings. The fourth-order valence-electron chi connectivity index (χ4n) is 2.27. The first-order chi connectivity index (χ1) is 13.0. The molecule has 1 aliphatic carbocycles. The summed E-state index contributed by atoms with van der Waals surface area (Å²) < 4.78 is 0. The van der Waals surface area contributed by atoms with Crippen LogP contribution in [0.5, 0.6) is 0 Å². The fraction of sp³-hybridized carbons (Fsp3) is 0.0500. The molecule has 0 spiro atoms. The number of anilines is 1. The lowest BCUT2D eigenvalue weighted by Gasteiger charge is -2.08. The SMILES string of the molecule is O=C(NC1=CC#CC(C(=O)O)C=C1)c1cccc(NC(=O)c2cccs2)c1. The Morgan fingerprint density at radius 3 is 2.67 bits per heavy atom. The lowest BCUT2D eigenvalue weighted by Crippen LogP contribution is -2.22. The van der Waals surface area contributed by atoms with E-state index in [4.69, 9.17) is 5.11 Å². The summed E-state index contributed by atoms with van der Waals surface area (Å²) in [5, 5.41) is 16.2. The zero-order chi connectivity index (χ0) is 19.2. The van der Waals surface area contributed by atoms with E-state index in [-0.39, 0.29) is 5.91 Å². The van der Waals surface area contributed by atoms with Gasteiger partial charge in [0.1, 0.15) is 5.92 Å². The molecule has 27 heavy (non-hydrogen) atoms. The molecule has 0 radical (unpaired) electrons. The number of aliphatic carboxylic acids is 1. The van der Waals surface area contributed by atoms with Crippen LogP contribution >= 0.6 is 11.3 Å². The van der Waals surface area contributed by atoms with Gasteiger partial charge in [-0.05, 0) is 35.7 Å². The van der Waals surface area contributed by atoms with Crippen molar-refractivity contribution < 1.29 is 19.5 Å². The van der Waals surface area contributed by atoms with E-state index in [1.165, 1.54) is 29.6 Å². The molecule has 7 heteroatoms. The van der Waals surface area contributed by atoms with Gasteiger partial charge in [0.25, 0.3) is 11.8 Å². The third kappa shape index (κ3) is 4.71. The Morgan fingerprint density at radius 1 is 1.07 bits per heavy atom. The molecule has 1 atom stereocenters. The highest BCUT2D eigenvalue weighted by molar-refractivity contribution is 7.12.